The minimum Gasteiger partial charge on any atom is -0.492 e. The lowest BCUT2D eigenvalue weighted by Crippen LogP contribution is -1.98. The summed E-state index contributed by atoms with van der Waals surface area (Å²) in [6, 6.07) is 9.29. The summed E-state index contributed by atoms with van der Waals surface area (Å²) in [5.41, 5.74) is 1.04. The van der Waals surface area contributed by atoms with Crippen LogP contribution in [-0.4, -0.2) is 33.1 Å². The van der Waals surface area contributed by atoms with E-state index in [2.05, 4.69) is 25.9 Å². The molecule has 2 aromatic rings. The van der Waals surface area contributed by atoms with Crippen molar-refractivity contribution in [2.75, 3.05) is 17.8 Å². The second kappa shape index (κ2) is 7.11. The van der Waals surface area contributed by atoms with E-state index < -0.39 is 0 Å². The molecule has 0 aliphatic carbocycles. The highest BCUT2D eigenvalue weighted by atomic mass is 35.5. The third-order valence-electron chi connectivity index (χ3n) is 2.27. The van der Waals surface area contributed by atoms with E-state index in [1.54, 1.807) is 6.07 Å². The van der Waals surface area contributed by atoms with E-state index >= 15 is 0 Å². The second-order valence-electron chi connectivity index (χ2n) is 3.61. The van der Waals surface area contributed by atoms with Crippen LogP contribution in [0.5, 0.6) is 5.75 Å². The molecule has 0 aliphatic rings. The van der Waals surface area contributed by atoms with Gasteiger partial charge in [-0.2, -0.15) is 10.5 Å². The number of nitriles is 1. The van der Waals surface area contributed by atoms with Crippen molar-refractivity contribution in [3.63, 3.8) is 0 Å². The van der Waals surface area contributed by atoms with Gasteiger partial charge in [-0.05, 0) is 17.3 Å². The molecule has 102 valence electrons. The summed E-state index contributed by atoms with van der Waals surface area (Å²) < 4.78 is 5.40. The van der Waals surface area contributed by atoms with Gasteiger partial charge in [0.15, 0.2) is 0 Å². The van der Waals surface area contributed by atoms with E-state index in [-0.39, 0.29) is 11.4 Å². The lowest BCUT2D eigenvalue weighted by molar-refractivity contribution is 0.343. The zero-order valence-electron chi connectivity index (χ0n) is 10.4. The summed E-state index contributed by atoms with van der Waals surface area (Å²) in [6.45, 7) is 0.438. The van der Waals surface area contributed by atoms with Crippen molar-refractivity contribution < 1.29 is 4.74 Å². The Labute approximate surface area is 120 Å². The molecule has 1 heterocycles. The maximum atomic E-state index is 9.03. The zero-order chi connectivity index (χ0) is 14.2. The van der Waals surface area contributed by atoms with Crippen LogP contribution in [0.1, 0.15) is 5.82 Å². The largest absolute Gasteiger partial charge is 0.492 e. The smallest absolute Gasteiger partial charge is 0.216 e. The lowest BCUT2D eigenvalue weighted by atomic mass is 10.2. The number of ether oxygens (including phenoxy) is 1. The van der Waals surface area contributed by atoms with Crippen LogP contribution in [0.3, 0.4) is 0 Å². The number of hydrogen-bond donors (Lipinski definition) is 2. The number of halogens is 1. The van der Waals surface area contributed by atoms with Gasteiger partial charge in [0, 0.05) is 18.0 Å². The number of allylic oxidation sites excluding steroid dienone is 1. The molecule has 1 aromatic carbocycles. The molecule has 1 aromatic heterocycles. The zero-order valence-corrected chi connectivity index (χ0v) is 11.1. The highest BCUT2D eigenvalue weighted by Crippen LogP contribution is 2.18. The first kappa shape index (κ1) is 13.8. The van der Waals surface area contributed by atoms with Gasteiger partial charge in [0.05, 0.1) is 5.88 Å². The Bertz CT molecular complexity index is 619. The Balaban J connectivity index is 2.08. The fourth-order valence-electron chi connectivity index (χ4n) is 1.41. The molecule has 0 spiro atoms. The average molecular weight is 291 g/mol. The number of aromatic nitrogens is 4. The van der Waals surface area contributed by atoms with E-state index in [0.29, 0.717) is 18.2 Å². The van der Waals surface area contributed by atoms with Crippen molar-refractivity contribution in [1.29, 1.82) is 5.26 Å². The first-order valence-electron chi connectivity index (χ1n) is 5.73. The van der Waals surface area contributed by atoms with Gasteiger partial charge in [-0.25, -0.2) is 0 Å². The molecule has 0 radical (unpaired) electrons. The van der Waals surface area contributed by atoms with Gasteiger partial charge < -0.3 is 10.1 Å². The number of aromatic amines is 1. The number of anilines is 1. The van der Waals surface area contributed by atoms with Crippen molar-refractivity contribution in [2.45, 2.75) is 0 Å². The Kier molecular flexibility index (Phi) is 4.92. The number of tetrazole rings is 1. The molecule has 0 unspecified atom stereocenters. The van der Waals surface area contributed by atoms with E-state index in [1.165, 1.54) is 6.20 Å². The molecule has 0 saturated carbocycles. The average Bonchev–Trinajstić information content (AvgIpc) is 3.00. The van der Waals surface area contributed by atoms with Crippen molar-refractivity contribution in [3.05, 3.63) is 36.3 Å². The first-order valence-corrected chi connectivity index (χ1v) is 6.26. The first-order chi connectivity index (χ1) is 9.83. The number of nitrogens with zero attached hydrogens (tertiary/aromatic N) is 4. The minimum atomic E-state index is 0.231. The molecule has 0 aliphatic heterocycles. The van der Waals surface area contributed by atoms with E-state index in [0.717, 1.165) is 5.69 Å². The third-order valence-corrected chi connectivity index (χ3v) is 2.42. The summed E-state index contributed by atoms with van der Waals surface area (Å²) in [6.07, 6.45) is 1.51. The monoisotopic (exact) mass is 290 g/mol. The number of hydrogen-bond acceptors (Lipinski definition) is 6. The maximum absolute atomic E-state index is 9.03. The molecule has 20 heavy (non-hydrogen) atoms. The van der Waals surface area contributed by atoms with Gasteiger partial charge in [0.1, 0.15) is 24.0 Å². The molecule has 0 atom stereocenters. The van der Waals surface area contributed by atoms with Gasteiger partial charge >= 0.3 is 0 Å². The predicted molar refractivity (Wildman–Crippen MR) is 74.0 cm³/mol. The summed E-state index contributed by atoms with van der Waals surface area (Å²) in [7, 11) is 0. The molecule has 0 bridgehead atoms. The number of alkyl halides is 1. The van der Waals surface area contributed by atoms with Crippen LogP contribution in [0.2, 0.25) is 0 Å². The molecule has 0 amide bonds. The Morgan fingerprint density at radius 3 is 3.15 bits per heavy atom. The molecule has 2 rings (SSSR count). The fraction of sp³-hybridized carbons (Fsp3) is 0.167. The second-order valence-corrected chi connectivity index (χ2v) is 3.99. The molecule has 7 nitrogen and oxygen atoms in total. The fourth-order valence-corrected chi connectivity index (χ4v) is 1.49. The maximum Gasteiger partial charge on any atom is 0.216 e. The molecule has 8 heteroatoms. The predicted octanol–water partition coefficient (Wildman–Crippen LogP) is 1.79. The third kappa shape index (κ3) is 3.70. The molecule has 0 fully saturated rings. The summed E-state index contributed by atoms with van der Waals surface area (Å²) in [5.74, 6) is 1.35. The van der Waals surface area contributed by atoms with Crippen molar-refractivity contribution in [2.24, 2.45) is 0 Å². The number of H-pyrrole nitrogens is 1. The van der Waals surface area contributed by atoms with E-state index in [4.69, 9.17) is 21.6 Å². The highest BCUT2D eigenvalue weighted by Gasteiger charge is 2.05. The number of rotatable bonds is 6. The van der Waals surface area contributed by atoms with Gasteiger partial charge in [-0.15, -0.1) is 21.8 Å². The normalized spacial score (nSPS) is 10.9. The van der Waals surface area contributed by atoms with Crippen molar-refractivity contribution in [1.82, 2.24) is 20.6 Å². The SMILES string of the molecule is N#CC(=CNc1cccc(OCCCl)c1)c1nn[nH]n1. The lowest BCUT2D eigenvalue weighted by Gasteiger charge is -2.06. The number of nitrogens with one attached hydrogen (secondary N) is 2. The van der Waals surface area contributed by atoms with Crippen LogP contribution in [0.15, 0.2) is 30.5 Å². The highest BCUT2D eigenvalue weighted by molar-refractivity contribution is 6.18. The quantitative estimate of drug-likeness (QED) is 0.621. The molecular weight excluding hydrogens is 280 g/mol. The van der Waals surface area contributed by atoms with Gasteiger partial charge in [-0.1, -0.05) is 6.07 Å². The van der Waals surface area contributed by atoms with Crippen molar-refractivity contribution >= 4 is 22.9 Å². The Hall–Kier alpha value is -2.59. The summed E-state index contributed by atoms with van der Waals surface area (Å²) in [4.78, 5) is 0. The number of benzene rings is 1. The Morgan fingerprint density at radius 2 is 2.45 bits per heavy atom. The van der Waals surface area contributed by atoms with Crippen molar-refractivity contribution in [3.8, 4) is 11.8 Å². The van der Waals surface area contributed by atoms with Crippen LogP contribution >= 0.6 is 11.6 Å². The molecular formula is C12H11ClN6O. The molecule has 2 N–H and O–H groups in total. The van der Waals surface area contributed by atoms with Crippen LogP contribution < -0.4 is 10.1 Å². The van der Waals surface area contributed by atoms with E-state index in [9.17, 15) is 0 Å². The standard InChI is InChI=1S/C12H11ClN6O/c13-4-5-20-11-3-1-2-10(6-11)15-8-9(7-14)12-16-18-19-17-12/h1-3,6,8,15H,4-5H2,(H,16,17,18,19). The Morgan fingerprint density at radius 1 is 1.55 bits per heavy atom. The van der Waals surface area contributed by atoms with E-state index in [1.807, 2.05) is 24.3 Å². The van der Waals surface area contributed by atoms with Crippen LogP contribution in [0.25, 0.3) is 5.57 Å². The topological polar surface area (TPSA) is 99.5 Å². The van der Waals surface area contributed by atoms with Crippen LogP contribution in [0.4, 0.5) is 5.69 Å². The molecule has 0 saturated heterocycles. The minimum absolute atomic E-state index is 0.231. The van der Waals surface area contributed by atoms with Gasteiger partial charge in [0.2, 0.25) is 5.82 Å². The van der Waals surface area contributed by atoms with Crippen LogP contribution in [0, 0.1) is 11.3 Å². The van der Waals surface area contributed by atoms with Gasteiger partial charge in [-0.3, -0.25) is 0 Å². The van der Waals surface area contributed by atoms with Gasteiger partial charge in [0.25, 0.3) is 0 Å². The van der Waals surface area contributed by atoms with Crippen LogP contribution in [-0.2, 0) is 0 Å². The summed E-state index contributed by atoms with van der Waals surface area (Å²) >= 11 is 5.56. The summed E-state index contributed by atoms with van der Waals surface area (Å²) in [5, 5.41) is 25.2.